The summed E-state index contributed by atoms with van der Waals surface area (Å²) in [5.41, 5.74) is 0.836. The highest BCUT2D eigenvalue weighted by molar-refractivity contribution is 5.91. The number of furan rings is 1. The number of hydrogen-bond acceptors (Lipinski definition) is 5. The van der Waals surface area contributed by atoms with Crippen molar-refractivity contribution in [2.24, 2.45) is 0 Å². The Balaban J connectivity index is 1.96. The molecule has 1 amide bonds. The first-order chi connectivity index (χ1) is 13.0. The lowest BCUT2D eigenvalue weighted by atomic mass is 10.2. The Hall–Kier alpha value is -2.99. The van der Waals surface area contributed by atoms with Gasteiger partial charge in [-0.25, -0.2) is 0 Å². The fraction of sp³-hybridized carbons (Fsp3) is 0.286. The second-order valence-corrected chi connectivity index (χ2v) is 6.08. The largest absolute Gasteiger partial charge is 0.493 e. The molecule has 0 aliphatic rings. The normalized spacial score (nSPS) is 12.1. The van der Waals surface area contributed by atoms with Crippen molar-refractivity contribution in [3.63, 3.8) is 0 Å². The molecule has 2 rings (SSSR count). The first-order valence-corrected chi connectivity index (χ1v) is 8.62. The summed E-state index contributed by atoms with van der Waals surface area (Å²) < 4.78 is 16.3. The summed E-state index contributed by atoms with van der Waals surface area (Å²) in [4.78, 5) is 14.2. The summed E-state index contributed by atoms with van der Waals surface area (Å²) in [6.45, 7) is 4.47. The summed E-state index contributed by atoms with van der Waals surface area (Å²) in [5.74, 6) is 1.86. The lowest BCUT2D eigenvalue weighted by Gasteiger charge is -2.22. The van der Waals surface area contributed by atoms with Gasteiger partial charge in [0.05, 0.1) is 19.4 Å². The van der Waals surface area contributed by atoms with E-state index in [2.05, 4.69) is 11.9 Å². The highest BCUT2D eigenvalue weighted by Crippen LogP contribution is 2.28. The predicted octanol–water partition coefficient (Wildman–Crippen LogP) is 3.29. The third kappa shape index (κ3) is 6.04. The van der Waals surface area contributed by atoms with Crippen molar-refractivity contribution in [1.82, 2.24) is 10.2 Å². The van der Waals surface area contributed by atoms with E-state index < -0.39 is 0 Å². The molecule has 0 radical (unpaired) electrons. The zero-order valence-electron chi connectivity index (χ0n) is 16.0. The molecular weight excluding hydrogens is 344 g/mol. The number of nitrogens with one attached hydrogen (secondary N) is 1. The number of ether oxygens (including phenoxy) is 2. The van der Waals surface area contributed by atoms with Crippen molar-refractivity contribution in [3.8, 4) is 11.5 Å². The van der Waals surface area contributed by atoms with E-state index in [4.69, 9.17) is 13.9 Å². The minimum atomic E-state index is -0.181. The second kappa shape index (κ2) is 10.2. The summed E-state index contributed by atoms with van der Waals surface area (Å²) >= 11 is 0. The van der Waals surface area contributed by atoms with E-state index in [0.717, 1.165) is 11.3 Å². The maximum Gasteiger partial charge on any atom is 0.244 e. The summed E-state index contributed by atoms with van der Waals surface area (Å²) in [6, 6.07) is 9.18. The lowest BCUT2D eigenvalue weighted by molar-refractivity contribution is -0.116. The molecule has 1 aromatic carbocycles. The first kappa shape index (κ1) is 20.3. The molecule has 0 bridgehead atoms. The van der Waals surface area contributed by atoms with E-state index in [1.165, 1.54) is 6.08 Å². The van der Waals surface area contributed by atoms with E-state index in [9.17, 15) is 4.79 Å². The van der Waals surface area contributed by atoms with Crippen LogP contribution in [-0.4, -0.2) is 45.2 Å². The quantitative estimate of drug-likeness (QED) is 0.514. The van der Waals surface area contributed by atoms with Crippen LogP contribution in [0.15, 0.2) is 59.7 Å². The van der Waals surface area contributed by atoms with Crippen LogP contribution in [0.3, 0.4) is 0 Å². The molecule has 6 heteroatoms. The Morgan fingerprint density at radius 3 is 2.78 bits per heavy atom. The Labute approximate surface area is 160 Å². The number of rotatable bonds is 10. The van der Waals surface area contributed by atoms with Crippen LogP contribution in [0.4, 0.5) is 0 Å². The van der Waals surface area contributed by atoms with Crippen LogP contribution in [0, 0.1) is 0 Å². The molecule has 1 N–H and O–H groups in total. The smallest absolute Gasteiger partial charge is 0.244 e. The first-order valence-electron chi connectivity index (χ1n) is 8.62. The predicted molar refractivity (Wildman–Crippen MR) is 106 cm³/mol. The van der Waals surface area contributed by atoms with Crippen molar-refractivity contribution in [1.29, 1.82) is 0 Å². The third-order valence-electron chi connectivity index (χ3n) is 3.94. The van der Waals surface area contributed by atoms with Crippen molar-refractivity contribution >= 4 is 12.0 Å². The molecule has 1 atom stereocenters. The van der Waals surface area contributed by atoms with Crippen molar-refractivity contribution in [3.05, 3.63) is 66.6 Å². The molecule has 0 aliphatic heterocycles. The molecule has 1 unspecified atom stereocenters. The van der Waals surface area contributed by atoms with Crippen LogP contribution < -0.4 is 14.8 Å². The number of methoxy groups -OCH3 is 1. The molecule has 1 heterocycles. The van der Waals surface area contributed by atoms with E-state index in [1.807, 2.05) is 43.3 Å². The van der Waals surface area contributed by atoms with E-state index >= 15 is 0 Å². The standard InChI is InChI=1S/C21H26N2O4/c1-5-12-26-19-10-8-16(14-20(19)25-4)9-11-21(24)22-15-17(23(2)3)18-7-6-13-27-18/h5-11,13-14,17H,1,12,15H2,2-4H3,(H,22,24)/b11-9+. The van der Waals surface area contributed by atoms with Gasteiger partial charge in [-0.05, 0) is 50.0 Å². The molecule has 0 aliphatic carbocycles. The Bertz CT molecular complexity index is 766. The van der Waals surface area contributed by atoms with Crippen LogP contribution in [0.5, 0.6) is 11.5 Å². The van der Waals surface area contributed by atoms with Crippen molar-refractivity contribution < 1.29 is 18.7 Å². The highest BCUT2D eigenvalue weighted by Gasteiger charge is 2.17. The van der Waals surface area contributed by atoms with Crippen LogP contribution in [0.1, 0.15) is 17.4 Å². The van der Waals surface area contributed by atoms with Gasteiger partial charge >= 0.3 is 0 Å². The summed E-state index contributed by atoms with van der Waals surface area (Å²) in [6.07, 6.45) is 6.52. The van der Waals surface area contributed by atoms with E-state index in [-0.39, 0.29) is 11.9 Å². The molecule has 0 saturated carbocycles. The van der Waals surface area contributed by atoms with E-state index in [1.54, 1.807) is 31.6 Å². The molecule has 0 saturated heterocycles. The summed E-state index contributed by atoms with van der Waals surface area (Å²) in [7, 11) is 5.46. The van der Waals surface area contributed by atoms with Crippen LogP contribution in [-0.2, 0) is 4.79 Å². The Morgan fingerprint density at radius 2 is 2.15 bits per heavy atom. The highest BCUT2D eigenvalue weighted by atomic mass is 16.5. The maximum atomic E-state index is 12.2. The zero-order valence-corrected chi connectivity index (χ0v) is 16.0. The van der Waals surface area contributed by atoms with Gasteiger partial charge in [-0.15, -0.1) is 0 Å². The van der Waals surface area contributed by atoms with Gasteiger partial charge in [0, 0.05) is 12.6 Å². The van der Waals surface area contributed by atoms with Gasteiger partial charge in [-0.2, -0.15) is 0 Å². The summed E-state index contributed by atoms with van der Waals surface area (Å²) in [5, 5.41) is 2.90. The SMILES string of the molecule is C=CCOc1ccc(/C=C/C(=O)NCC(c2ccco2)N(C)C)cc1OC. The number of likely N-dealkylation sites (N-methyl/N-ethyl adjacent to an activating group) is 1. The number of carbonyl (C=O) groups is 1. The molecular formula is C21H26N2O4. The Morgan fingerprint density at radius 1 is 1.33 bits per heavy atom. The average Bonchev–Trinajstić information content (AvgIpc) is 3.19. The topological polar surface area (TPSA) is 63.9 Å². The van der Waals surface area contributed by atoms with Crippen LogP contribution in [0.25, 0.3) is 6.08 Å². The fourth-order valence-electron chi connectivity index (χ4n) is 2.50. The molecule has 27 heavy (non-hydrogen) atoms. The number of hydrogen-bond donors (Lipinski definition) is 1. The average molecular weight is 370 g/mol. The zero-order chi connectivity index (χ0) is 19.6. The Kier molecular flexibility index (Phi) is 7.70. The minimum absolute atomic E-state index is 0.0289. The van der Waals surface area contributed by atoms with Crippen LogP contribution >= 0.6 is 0 Å². The van der Waals surface area contributed by atoms with Crippen LogP contribution in [0.2, 0.25) is 0 Å². The number of carbonyl (C=O) groups excluding carboxylic acids is 1. The minimum Gasteiger partial charge on any atom is -0.493 e. The second-order valence-electron chi connectivity index (χ2n) is 6.08. The lowest BCUT2D eigenvalue weighted by Crippen LogP contribution is -2.33. The van der Waals surface area contributed by atoms with Gasteiger partial charge in [0.25, 0.3) is 0 Å². The van der Waals surface area contributed by atoms with Gasteiger partial charge in [-0.3, -0.25) is 9.69 Å². The molecule has 144 valence electrons. The third-order valence-corrected chi connectivity index (χ3v) is 3.94. The molecule has 0 spiro atoms. The van der Waals surface area contributed by atoms with Gasteiger partial charge in [-0.1, -0.05) is 18.7 Å². The molecule has 2 aromatic rings. The van der Waals surface area contributed by atoms with Gasteiger partial charge in [0.1, 0.15) is 12.4 Å². The number of benzene rings is 1. The maximum absolute atomic E-state index is 12.2. The number of amides is 1. The van der Waals surface area contributed by atoms with Crippen molar-refractivity contribution in [2.45, 2.75) is 6.04 Å². The monoisotopic (exact) mass is 370 g/mol. The fourth-order valence-corrected chi connectivity index (χ4v) is 2.50. The van der Waals surface area contributed by atoms with Crippen molar-refractivity contribution in [2.75, 3.05) is 34.4 Å². The molecule has 0 fully saturated rings. The number of nitrogens with zero attached hydrogens (tertiary/aromatic N) is 1. The molecule has 1 aromatic heterocycles. The van der Waals surface area contributed by atoms with Gasteiger partial charge in [0.2, 0.25) is 5.91 Å². The van der Waals surface area contributed by atoms with Gasteiger partial charge in [0.15, 0.2) is 11.5 Å². The van der Waals surface area contributed by atoms with Gasteiger partial charge < -0.3 is 19.2 Å². The van der Waals surface area contributed by atoms with E-state index in [0.29, 0.717) is 24.7 Å². The molecule has 6 nitrogen and oxygen atoms in total.